The van der Waals surface area contributed by atoms with Gasteiger partial charge in [0.25, 0.3) is 5.56 Å². The van der Waals surface area contributed by atoms with Crippen molar-refractivity contribution in [3.8, 4) is 16.9 Å². The Morgan fingerprint density at radius 2 is 2.00 bits per heavy atom. The van der Waals surface area contributed by atoms with E-state index in [0.717, 1.165) is 20.5 Å². The second-order valence-corrected chi connectivity index (χ2v) is 8.82. The van der Waals surface area contributed by atoms with E-state index in [-0.39, 0.29) is 18.7 Å². The Hall–Kier alpha value is -2.48. The zero-order valence-electron chi connectivity index (χ0n) is 15.7. The van der Waals surface area contributed by atoms with Crippen LogP contribution in [0.5, 0.6) is 5.75 Å². The molecule has 4 aromatic rings. The molecule has 4 rings (SSSR count). The lowest BCUT2D eigenvalue weighted by molar-refractivity contribution is 0.0914. The number of halogens is 1. The van der Waals surface area contributed by atoms with Gasteiger partial charge in [0.05, 0.1) is 18.3 Å². The molecule has 0 saturated heterocycles. The maximum atomic E-state index is 13.2. The number of nitrogens with zero attached hydrogens (tertiary/aromatic N) is 2. The van der Waals surface area contributed by atoms with Crippen molar-refractivity contribution in [2.45, 2.75) is 19.6 Å². The monoisotopic (exact) mass is 470 g/mol. The van der Waals surface area contributed by atoms with Gasteiger partial charge in [-0.2, -0.15) is 0 Å². The van der Waals surface area contributed by atoms with Crippen LogP contribution in [0.1, 0.15) is 4.88 Å². The van der Waals surface area contributed by atoms with E-state index in [0.29, 0.717) is 16.0 Å². The number of aliphatic hydroxyl groups is 1. The van der Waals surface area contributed by atoms with Gasteiger partial charge in [-0.1, -0.05) is 52.3 Å². The van der Waals surface area contributed by atoms with Gasteiger partial charge in [-0.05, 0) is 30.7 Å². The van der Waals surface area contributed by atoms with Crippen LogP contribution in [0, 0.1) is 6.92 Å². The standard InChI is InChI=1S/C22H19BrN2O3S/c1-14-19(15-6-3-2-4-7-15)20-21(29-14)24-13-25(22(20)27)11-17(26)12-28-18-9-5-8-16(23)10-18/h2-10,13,17,26H,11-12H2,1H3/t17-/m0/s1. The van der Waals surface area contributed by atoms with Gasteiger partial charge in [-0.3, -0.25) is 9.36 Å². The number of benzene rings is 2. The maximum Gasteiger partial charge on any atom is 0.262 e. The van der Waals surface area contributed by atoms with E-state index in [1.54, 1.807) is 0 Å². The molecule has 2 aromatic carbocycles. The molecular weight excluding hydrogens is 452 g/mol. The molecule has 0 aliphatic rings. The first-order valence-electron chi connectivity index (χ1n) is 9.13. The molecule has 2 aromatic heterocycles. The van der Waals surface area contributed by atoms with Crippen LogP contribution in [0.15, 0.2) is 70.2 Å². The highest BCUT2D eigenvalue weighted by Gasteiger charge is 2.18. The minimum Gasteiger partial charge on any atom is -0.491 e. The summed E-state index contributed by atoms with van der Waals surface area (Å²) < 4.78 is 7.99. The van der Waals surface area contributed by atoms with E-state index < -0.39 is 6.10 Å². The van der Waals surface area contributed by atoms with Crippen LogP contribution < -0.4 is 10.3 Å². The molecule has 0 aliphatic heterocycles. The minimum atomic E-state index is -0.842. The normalized spacial score (nSPS) is 12.2. The third-order valence-electron chi connectivity index (χ3n) is 4.56. The van der Waals surface area contributed by atoms with Crippen LogP contribution in [0.4, 0.5) is 0 Å². The first-order valence-corrected chi connectivity index (χ1v) is 10.7. The van der Waals surface area contributed by atoms with Crippen molar-refractivity contribution in [3.63, 3.8) is 0 Å². The zero-order chi connectivity index (χ0) is 20.4. The Morgan fingerprint density at radius 3 is 2.76 bits per heavy atom. The van der Waals surface area contributed by atoms with E-state index >= 15 is 0 Å². The number of rotatable bonds is 6. The largest absolute Gasteiger partial charge is 0.491 e. The van der Waals surface area contributed by atoms with Crippen molar-refractivity contribution in [2.75, 3.05) is 6.61 Å². The molecule has 7 heteroatoms. The van der Waals surface area contributed by atoms with Gasteiger partial charge in [0.15, 0.2) is 0 Å². The summed E-state index contributed by atoms with van der Waals surface area (Å²) in [4.78, 5) is 19.4. The molecule has 0 bridgehead atoms. The SMILES string of the molecule is Cc1sc2ncn(C[C@H](O)COc3cccc(Br)c3)c(=O)c2c1-c1ccccc1. The van der Waals surface area contributed by atoms with Crippen molar-refractivity contribution >= 4 is 37.5 Å². The fourth-order valence-corrected chi connectivity index (χ4v) is 4.63. The lowest BCUT2D eigenvalue weighted by atomic mass is 10.0. The molecule has 0 fully saturated rings. The predicted octanol–water partition coefficient (Wildman–Crippen LogP) is 4.64. The first-order chi connectivity index (χ1) is 14.0. The second-order valence-electron chi connectivity index (χ2n) is 6.70. The van der Waals surface area contributed by atoms with Crippen LogP contribution in [0.3, 0.4) is 0 Å². The quantitative estimate of drug-likeness (QED) is 0.445. The van der Waals surface area contributed by atoms with Crippen LogP contribution in [-0.2, 0) is 6.54 Å². The molecule has 1 atom stereocenters. The average molecular weight is 471 g/mol. The summed E-state index contributed by atoms with van der Waals surface area (Å²) in [5.74, 6) is 0.652. The fraction of sp³-hybridized carbons (Fsp3) is 0.182. The Balaban J connectivity index is 1.60. The smallest absolute Gasteiger partial charge is 0.262 e. The molecule has 0 amide bonds. The van der Waals surface area contributed by atoms with E-state index in [1.807, 2.05) is 61.5 Å². The van der Waals surface area contributed by atoms with Gasteiger partial charge >= 0.3 is 0 Å². The molecular formula is C22H19BrN2O3S. The Morgan fingerprint density at radius 1 is 1.21 bits per heavy atom. The van der Waals surface area contributed by atoms with Gasteiger partial charge in [0, 0.05) is 14.9 Å². The Kier molecular flexibility index (Phi) is 5.80. The number of fused-ring (bicyclic) bond motifs is 1. The fourth-order valence-electron chi connectivity index (χ4n) is 3.25. The average Bonchev–Trinajstić information content (AvgIpc) is 3.06. The van der Waals surface area contributed by atoms with Crippen molar-refractivity contribution in [1.29, 1.82) is 0 Å². The lowest BCUT2D eigenvalue weighted by Crippen LogP contribution is -2.30. The molecule has 0 spiro atoms. The third kappa shape index (κ3) is 4.27. The molecule has 2 heterocycles. The molecule has 0 aliphatic carbocycles. The van der Waals surface area contributed by atoms with Crippen LogP contribution in [0.25, 0.3) is 21.3 Å². The van der Waals surface area contributed by atoms with Gasteiger partial charge in [-0.25, -0.2) is 4.98 Å². The summed E-state index contributed by atoms with van der Waals surface area (Å²) in [6.45, 7) is 2.19. The molecule has 0 saturated carbocycles. The van der Waals surface area contributed by atoms with E-state index in [4.69, 9.17) is 4.74 Å². The van der Waals surface area contributed by atoms with E-state index in [1.165, 1.54) is 22.2 Å². The molecule has 0 unspecified atom stereocenters. The number of hydrogen-bond donors (Lipinski definition) is 1. The summed E-state index contributed by atoms with van der Waals surface area (Å²) in [5, 5.41) is 11.0. The molecule has 1 N–H and O–H groups in total. The van der Waals surface area contributed by atoms with Crippen LogP contribution in [0.2, 0.25) is 0 Å². The first kappa shape index (κ1) is 19.8. The van der Waals surface area contributed by atoms with Crippen molar-refractivity contribution in [1.82, 2.24) is 9.55 Å². The highest BCUT2D eigenvalue weighted by atomic mass is 79.9. The van der Waals surface area contributed by atoms with Crippen molar-refractivity contribution in [3.05, 3.63) is 80.6 Å². The molecule has 29 heavy (non-hydrogen) atoms. The number of aliphatic hydroxyl groups excluding tert-OH is 1. The van der Waals surface area contributed by atoms with Crippen molar-refractivity contribution < 1.29 is 9.84 Å². The van der Waals surface area contributed by atoms with Crippen LogP contribution >= 0.6 is 27.3 Å². The highest BCUT2D eigenvalue weighted by molar-refractivity contribution is 9.10. The summed E-state index contributed by atoms with van der Waals surface area (Å²) >= 11 is 4.90. The maximum absolute atomic E-state index is 13.2. The molecule has 5 nitrogen and oxygen atoms in total. The van der Waals surface area contributed by atoms with E-state index in [2.05, 4.69) is 20.9 Å². The summed E-state index contributed by atoms with van der Waals surface area (Å²) in [6.07, 6.45) is 0.656. The van der Waals surface area contributed by atoms with Crippen LogP contribution in [-0.4, -0.2) is 27.4 Å². The number of hydrogen-bond acceptors (Lipinski definition) is 5. The number of aryl methyl sites for hydroxylation is 1. The number of ether oxygens (including phenoxy) is 1. The van der Waals surface area contributed by atoms with Gasteiger partial charge in [0.2, 0.25) is 0 Å². The molecule has 148 valence electrons. The highest BCUT2D eigenvalue weighted by Crippen LogP contribution is 2.35. The minimum absolute atomic E-state index is 0.0785. The van der Waals surface area contributed by atoms with Gasteiger partial charge in [0.1, 0.15) is 23.3 Å². The number of aromatic nitrogens is 2. The zero-order valence-corrected chi connectivity index (χ0v) is 18.1. The second kappa shape index (κ2) is 8.49. The van der Waals surface area contributed by atoms with E-state index in [9.17, 15) is 9.90 Å². The molecule has 0 radical (unpaired) electrons. The summed E-state index contributed by atoms with van der Waals surface area (Å²) in [6, 6.07) is 17.2. The summed E-state index contributed by atoms with van der Waals surface area (Å²) in [7, 11) is 0. The Labute approximate surface area is 180 Å². The lowest BCUT2D eigenvalue weighted by Gasteiger charge is -2.14. The Bertz CT molecular complexity index is 1200. The van der Waals surface area contributed by atoms with Gasteiger partial charge < -0.3 is 9.84 Å². The number of thiophene rings is 1. The topological polar surface area (TPSA) is 64.3 Å². The third-order valence-corrected chi connectivity index (χ3v) is 6.07. The predicted molar refractivity (Wildman–Crippen MR) is 120 cm³/mol. The van der Waals surface area contributed by atoms with Gasteiger partial charge in [-0.15, -0.1) is 11.3 Å². The summed E-state index contributed by atoms with van der Waals surface area (Å²) in [5.41, 5.74) is 1.75. The van der Waals surface area contributed by atoms with Crippen molar-refractivity contribution in [2.24, 2.45) is 0 Å².